The van der Waals surface area contributed by atoms with E-state index in [1.54, 1.807) is 4.31 Å². The molecule has 1 N–H and O–H groups in total. The molecule has 1 aromatic carbocycles. The van der Waals surface area contributed by atoms with Crippen molar-refractivity contribution in [3.8, 4) is 0 Å². The first-order valence-corrected chi connectivity index (χ1v) is 9.23. The molecule has 0 saturated carbocycles. The summed E-state index contributed by atoms with van der Waals surface area (Å²) in [6.07, 6.45) is 3.03. The quantitative estimate of drug-likeness (QED) is 0.909. The Hall–Kier alpha value is -0.910. The Morgan fingerprint density at radius 1 is 1.33 bits per heavy atom. The van der Waals surface area contributed by atoms with Crippen molar-refractivity contribution in [1.29, 1.82) is 0 Å². The number of hydrogen-bond acceptors (Lipinski definition) is 3. The standard InChI is InChI=1S/C16H26N2O2S/c1-4-17-12-15-9-8-13(2)16(11-15)21(19,20)18-10-6-5-7-14(18)3/h8-9,11,14,17H,4-7,10,12H2,1-3H3. The van der Waals surface area contributed by atoms with E-state index < -0.39 is 10.0 Å². The number of sulfonamides is 1. The van der Waals surface area contributed by atoms with Gasteiger partial charge in [-0.1, -0.05) is 25.5 Å². The maximum atomic E-state index is 13.0. The molecular formula is C16H26N2O2S. The van der Waals surface area contributed by atoms with Gasteiger partial charge < -0.3 is 5.32 Å². The molecule has 0 spiro atoms. The lowest BCUT2D eigenvalue weighted by atomic mass is 10.1. The van der Waals surface area contributed by atoms with E-state index in [0.717, 1.165) is 36.9 Å². The van der Waals surface area contributed by atoms with Crippen molar-refractivity contribution in [2.45, 2.75) is 57.5 Å². The van der Waals surface area contributed by atoms with Crippen molar-refractivity contribution in [1.82, 2.24) is 9.62 Å². The summed E-state index contributed by atoms with van der Waals surface area (Å²) in [7, 11) is -3.38. The predicted molar refractivity (Wildman–Crippen MR) is 85.8 cm³/mol. The van der Waals surface area contributed by atoms with E-state index in [9.17, 15) is 8.42 Å². The van der Waals surface area contributed by atoms with Gasteiger partial charge in [0.1, 0.15) is 0 Å². The fourth-order valence-corrected chi connectivity index (χ4v) is 4.83. The van der Waals surface area contributed by atoms with Crippen LogP contribution in [0, 0.1) is 6.92 Å². The van der Waals surface area contributed by atoms with E-state index in [0.29, 0.717) is 18.0 Å². The predicted octanol–water partition coefficient (Wildman–Crippen LogP) is 2.67. The monoisotopic (exact) mass is 310 g/mol. The normalized spacial score (nSPS) is 20.6. The highest BCUT2D eigenvalue weighted by Gasteiger charge is 2.31. The number of piperidine rings is 1. The van der Waals surface area contributed by atoms with Gasteiger partial charge in [0.2, 0.25) is 10.0 Å². The van der Waals surface area contributed by atoms with Crippen LogP contribution < -0.4 is 5.32 Å². The fourth-order valence-electron chi connectivity index (χ4n) is 2.86. The van der Waals surface area contributed by atoms with Crippen LogP contribution in [-0.4, -0.2) is 31.9 Å². The Bertz CT molecular complexity index is 584. The zero-order valence-corrected chi connectivity index (χ0v) is 14.0. The molecule has 1 unspecified atom stereocenters. The molecule has 4 nitrogen and oxygen atoms in total. The Morgan fingerprint density at radius 2 is 2.10 bits per heavy atom. The summed E-state index contributed by atoms with van der Waals surface area (Å²) in [4.78, 5) is 0.464. The highest BCUT2D eigenvalue weighted by Crippen LogP contribution is 2.27. The average Bonchev–Trinajstić information content (AvgIpc) is 2.46. The number of hydrogen-bond donors (Lipinski definition) is 1. The van der Waals surface area contributed by atoms with Crippen LogP contribution in [0.25, 0.3) is 0 Å². The van der Waals surface area contributed by atoms with Gasteiger partial charge >= 0.3 is 0 Å². The van der Waals surface area contributed by atoms with Gasteiger partial charge in [0.05, 0.1) is 4.90 Å². The Balaban J connectivity index is 2.34. The maximum Gasteiger partial charge on any atom is 0.243 e. The summed E-state index contributed by atoms with van der Waals surface area (Å²) in [5, 5.41) is 3.24. The zero-order chi connectivity index (χ0) is 15.5. The van der Waals surface area contributed by atoms with Gasteiger partial charge in [0.25, 0.3) is 0 Å². The van der Waals surface area contributed by atoms with Gasteiger partial charge in [-0.3, -0.25) is 0 Å². The van der Waals surface area contributed by atoms with Crippen LogP contribution in [-0.2, 0) is 16.6 Å². The minimum Gasteiger partial charge on any atom is -0.313 e. The minimum absolute atomic E-state index is 0.0978. The number of aryl methyl sites for hydroxylation is 1. The zero-order valence-electron chi connectivity index (χ0n) is 13.2. The smallest absolute Gasteiger partial charge is 0.243 e. The van der Waals surface area contributed by atoms with Gasteiger partial charge in [-0.2, -0.15) is 4.31 Å². The molecule has 21 heavy (non-hydrogen) atoms. The van der Waals surface area contributed by atoms with Gasteiger partial charge in [0, 0.05) is 19.1 Å². The highest BCUT2D eigenvalue weighted by molar-refractivity contribution is 7.89. The molecule has 0 amide bonds. The van der Waals surface area contributed by atoms with E-state index in [1.165, 1.54) is 0 Å². The molecule has 1 aliphatic rings. The number of benzene rings is 1. The van der Waals surface area contributed by atoms with Crippen molar-refractivity contribution in [3.05, 3.63) is 29.3 Å². The first-order valence-electron chi connectivity index (χ1n) is 7.79. The SMILES string of the molecule is CCNCc1ccc(C)c(S(=O)(=O)N2CCCCC2C)c1. The highest BCUT2D eigenvalue weighted by atomic mass is 32.2. The molecule has 1 fully saturated rings. The third kappa shape index (κ3) is 3.65. The largest absolute Gasteiger partial charge is 0.313 e. The van der Waals surface area contributed by atoms with Crippen LogP contribution in [0.3, 0.4) is 0 Å². The summed E-state index contributed by atoms with van der Waals surface area (Å²) in [5.74, 6) is 0. The lowest BCUT2D eigenvalue weighted by Gasteiger charge is -2.32. The van der Waals surface area contributed by atoms with Gasteiger partial charge in [-0.25, -0.2) is 8.42 Å². The number of nitrogens with one attached hydrogen (secondary N) is 1. The second-order valence-electron chi connectivity index (χ2n) is 5.84. The molecule has 1 saturated heterocycles. The summed E-state index contributed by atoms with van der Waals surface area (Å²) in [6.45, 7) is 8.14. The average molecular weight is 310 g/mol. The van der Waals surface area contributed by atoms with Crippen molar-refractivity contribution in [3.63, 3.8) is 0 Å². The second-order valence-corrected chi connectivity index (χ2v) is 7.70. The first-order chi connectivity index (χ1) is 9.96. The molecular weight excluding hydrogens is 284 g/mol. The van der Waals surface area contributed by atoms with E-state index in [2.05, 4.69) is 5.32 Å². The van der Waals surface area contributed by atoms with Gasteiger partial charge in [-0.05, 0) is 50.4 Å². The number of rotatable bonds is 5. The molecule has 2 rings (SSSR count). The molecule has 1 aromatic rings. The summed E-state index contributed by atoms with van der Waals surface area (Å²) in [5.41, 5.74) is 1.85. The molecule has 118 valence electrons. The molecule has 0 radical (unpaired) electrons. The molecule has 1 heterocycles. The van der Waals surface area contributed by atoms with Crippen LogP contribution in [0.15, 0.2) is 23.1 Å². The van der Waals surface area contributed by atoms with E-state index >= 15 is 0 Å². The van der Waals surface area contributed by atoms with E-state index in [-0.39, 0.29) is 6.04 Å². The summed E-state index contributed by atoms with van der Waals surface area (Å²) >= 11 is 0. The second kappa shape index (κ2) is 6.90. The lowest BCUT2D eigenvalue weighted by molar-refractivity contribution is 0.268. The lowest BCUT2D eigenvalue weighted by Crippen LogP contribution is -2.42. The van der Waals surface area contributed by atoms with E-state index in [4.69, 9.17) is 0 Å². The first kappa shape index (κ1) is 16.5. The van der Waals surface area contributed by atoms with E-state index in [1.807, 2.05) is 39.0 Å². The Labute approximate surface area is 128 Å². The molecule has 0 bridgehead atoms. The Kier molecular flexibility index (Phi) is 5.41. The van der Waals surface area contributed by atoms with Crippen molar-refractivity contribution >= 4 is 10.0 Å². The Morgan fingerprint density at radius 3 is 2.76 bits per heavy atom. The van der Waals surface area contributed by atoms with Gasteiger partial charge in [0.15, 0.2) is 0 Å². The van der Waals surface area contributed by atoms with Crippen molar-refractivity contribution in [2.24, 2.45) is 0 Å². The summed E-state index contributed by atoms with van der Waals surface area (Å²) < 4.78 is 27.6. The third-order valence-corrected chi connectivity index (χ3v) is 6.32. The van der Waals surface area contributed by atoms with Crippen molar-refractivity contribution < 1.29 is 8.42 Å². The van der Waals surface area contributed by atoms with Crippen LogP contribution in [0.4, 0.5) is 0 Å². The topological polar surface area (TPSA) is 49.4 Å². The minimum atomic E-state index is -3.38. The van der Waals surface area contributed by atoms with Gasteiger partial charge in [-0.15, -0.1) is 0 Å². The van der Waals surface area contributed by atoms with Crippen LogP contribution >= 0.6 is 0 Å². The van der Waals surface area contributed by atoms with Crippen molar-refractivity contribution in [2.75, 3.05) is 13.1 Å². The fraction of sp³-hybridized carbons (Fsp3) is 0.625. The maximum absolute atomic E-state index is 13.0. The van der Waals surface area contributed by atoms with Crippen LogP contribution in [0.1, 0.15) is 44.2 Å². The van der Waals surface area contributed by atoms with Crippen LogP contribution in [0.5, 0.6) is 0 Å². The number of nitrogens with zero attached hydrogens (tertiary/aromatic N) is 1. The third-order valence-electron chi connectivity index (χ3n) is 4.16. The molecule has 0 aromatic heterocycles. The van der Waals surface area contributed by atoms with Crippen LogP contribution in [0.2, 0.25) is 0 Å². The molecule has 1 aliphatic heterocycles. The molecule has 0 aliphatic carbocycles. The summed E-state index contributed by atoms with van der Waals surface area (Å²) in [6, 6.07) is 5.83. The molecule has 1 atom stereocenters. The molecule has 5 heteroatoms.